The van der Waals surface area contributed by atoms with E-state index in [4.69, 9.17) is 4.74 Å². The van der Waals surface area contributed by atoms with Crippen LogP contribution in [0.15, 0.2) is 84.9 Å². The van der Waals surface area contributed by atoms with Gasteiger partial charge in [-0.05, 0) is 84.4 Å². The van der Waals surface area contributed by atoms with Crippen molar-refractivity contribution < 1.29 is 4.74 Å². The molecule has 0 aliphatic carbocycles. The lowest BCUT2D eigenvalue weighted by atomic mass is 9.34. The molecule has 6 aromatic carbocycles. The Morgan fingerprint density at radius 2 is 1.19 bits per heavy atom. The van der Waals surface area contributed by atoms with Gasteiger partial charge in [-0.1, -0.05) is 123 Å². The third-order valence-electron chi connectivity index (χ3n) is 11.4. The molecule has 0 N–H and O–H groups in total. The summed E-state index contributed by atoms with van der Waals surface area (Å²) in [6.07, 6.45) is 0. The van der Waals surface area contributed by atoms with Gasteiger partial charge >= 0.3 is 0 Å². The van der Waals surface area contributed by atoms with Gasteiger partial charge < -0.3 is 4.74 Å². The van der Waals surface area contributed by atoms with Crippen LogP contribution in [0, 0.1) is 0 Å². The average Bonchev–Trinajstić information content (AvgIpc) is 3.65. The fourth-order valence-electron chi connectivity index (χ4n) is 8.79. The predicted octanol–water partition coefficient (Wildman–Crippen LogP) is 9.61. The van der Waals surface area contributed by atoms with E-state index in [1.54, 1.807) is 0 Å². The largest absolute Gasteiger partial charge is 0.458 e. The number of fused-ring (bicyclic) bond motifs is 12. The van der Waals surface area contributed by atoms with Crippen LogP contribution in [0.3, 0.4) is 0 Å². The van der Waals surface area contributed by atoms with E-state index in [1.807, 2.05) is 0 Å². The quantitative estimate of drug-likeness (QED) is 0.154. The van der Waals surface area contributed by atoms with E-state index in [0.29, 0.717) is 0 Å². The highest BCUT2D eigenvalue weighted by Gasteiger charge is 2.44. The average molecular weight is 625 g/mol. The molecular formula is C44H41BN2O. The van der Waals surface area contributed by atoms with Gasteiger partial charge in [0.2, 0.25) is 0 Å². The maximum Gasteiger partial charge on any atom is 0.259 e. The normalized spacial score (nSPS) is 14.5. The lowest BCUT2D eigenvalue weighted by Gasteiger charge is -2.35. The molecule has 48 heavy (non-hydrogen) atoms. The van der Waals surface area contributed by atoms with E-state index in [-0.39, 0.29) is 23.0 Å². The molecule has 8 aromatic rings. The summed E-state index contributed by atoms with van der Waals surface area (Å²) in [5, 5.41) is 6.60. The zero-order valence-electron chi connectivity index (χ0n) is 29.5. The number of benzene rings is 5. The third-order valence-corrected chi connectivity index (χ3v) is 11.4. The fourth-order valence-corrected chi connectivity index (χ4v) is 8.79. The lowest BCUT2D eigenvalue weighted by molar-refractivity contribution is 0.479. The minimum Gasteiger partial charge on any atom is -0.458 e. The van der Waals surface area contributed by atoms with Gasteiger partial charge in [-0.3, -0.25) is 8.97 Å². The molecular weight excluding hydrogens is 583 g/mol. The van der Waals surface area contributed by atoms with E-state index in [1.165, 1.54) is 87.9 Å². The SMILES string of the molecule is CC(C)(C)c1ccc2c(c1)Oc1cc(C(C)(C)C)cc3c1B2c1c2ccc(C(C)(C)C)cc2n2c4c5cccc6cccc(c65)c4n-3c12. The molecule has 0 fully saturated rings. The maximum absolute atomic E-state index is 7.05. The van der Waals surface area contributed by atoms with Crippen LogP contribution in [0.5, 0.6) is 11.5 Å². The molecule has 0 unspecified atom stereocenters. The van der Waals surface area contributed by atoms with Crippen LogP contribution in [0.25, 0.3) is 54.8 Å². The van der Waals surface area contributed by atoms with Crippen molar-refractivity contribution in [3.8, 4) is 17.2 Å². The second kappa shape index (κ2) is 8.66. The fraction of sp³-hybridized carbons (Fsp3) is 0.273. The molecule has 0 saturated carbocycles. The molecule has 3 nitrogen and oxygen atoms in total. The highest BCUT2D eigenvalue weighted by molar-refractivity contribution is 7.00. The lowest BCUT2D eigenvalue weighted by Crippen LogP contribution is -2.58. The van der Waals surface area contributed by atoms with Crippen LogP contribution in [-0.4, -0.2) is 15.7 Å². The van der Waals surface area contributed by atoms with E-state index < -0.39 is 0 Å². The summed E-state index contributed by atoms with van der Waals surface area (Å²) < 4.78 is 12.3. The van der Waals surface area contributed by atoms with Gasteiger partial charge in [0.05, 0.1) is 16.6 Å². The molecule has 4 heterocycles. The first-order valence-electron chi connectivity index (χ1n) is 17.5. The summed E-state index contributed by atoms with van der Waals surface area (Å²) in [5.74, 6) is 1.97. The Balaban J connectivity index is 1.47. The molecule has 2 aliphatic rings. The van der Waals surface area contributed by atoms with Crippen molar-refractivity contribution in [1.29, 1.82) is 0 Å². The maximum atomic E-state index is 7.05. The van der Waals surface area contributed by atoms with Crippen molar-refractivity contribution in [2.45, 2.75) is 78.6 Å². The Kier molecular flexibility index (Phi) is 5.11. The summed E-state index contributed by atoms with van der Waals surface area (Å²) in [6.45, 7) is 20.8. The van der Waals surface area contributed by atoms with Gasteiger partial charge in [-0.25, -0.2) is 0 Å². The Hall–Kier alpha value is -4.70. The van der Waals surface area contributed by atoms with Crippen LogP contribution in [-0.2, 0) is 16.2 Å². The highest BCUT2D eigenvalue weighted by atomic mass is 16.5. The molecule has 0 spiro atoms. The Morgan fingerprint density at radius 1 is 0.562 bits per heavy atom. The minimum absolute atomic E-state index is 0.0209. The molecule has 0 amide bonds. The molecule has 2 aromatic heterocycles. The summed E-state index contributed by atoms with van der Waals surface area (Å²) in [6, 6.07) is 32.6. The van der Waals surface area contributed by atoms with Crippen molar-refractivity contribution in [2.75, 3.05) is 0 Å². The van der Waals surface area contributed by atoms with Gasteiger partial charge in [0, 0.05) is 21.8 Å². The van der Waals surface area contributed by atoms with Crippen LogP contribution in [0.2, 0.25) is 0 Å². The smallest absolute Gasteiger partial charge is 0.259 e. The van der Waals surface area contributed by atoms with E-state index in [0.717, 1.165) is 11.5 Å². The first-order chi connectivity index (χ1) is 22.7. The number of imidazole rings is 1. The number of hydrogen-bond donors (Lipinski definition) is 0. The summed E-state index contributed by atoms with van der Waals surface area (Å²) >= 11 is 0. The molecule has 0 bridgehead atoms. The molecule has 4 heteroatoms. The minimum atomic E-state index is -0.0535. The second-order valence-corrected chi connectivity index (χ2v) is 17.5. The summed E-state index contributed by atoms with van der Waals surface area (Å²) in [5.41, 5.74) is 14.3. The predicted molar refractivity (Wildman–Crippen MR) is 205 cm³/mol. The Bertz CT molecular complexity index is 2700. The standard InChI is InChI=1S/C44H41BN2O/c1-42(2,3)25-16-18-28-32(20-25)46-39-29-14-10-12-24-13-11-15-30(36(24)29)40(39)47-33-21-27(44(7,8)9)23-35-38(33)45(37(28)41(46)47)31-19-17-26(43(4,5)6)22-34(31)48-35/h10-23H,1-9H3. The second-order valence-electron chi connectivity index (χ2n) is 17.5. The van der Waals surface area contributed by atoms with Gasteiger partial charge in [0.15, 0.2) is 0 Å². The monoisotopic (exact) mass is 624 g/mol. The molecule has 10 rings (SSSR count). The van der Waals surface area contributed by atoms with Crippen LogP contribution < -0.4 is 21.1 Å². The van der Waals surface area contributed by atoms with Crippen molar-refractivity contribution in [3.05, 3.63) is 102 Å². The van der Waals surface area contributed by atoms with Gasteiger partial charge in [0.1, 0.15) is 17.1 Å². The molecule has 0 atom stereocenters. The topological polar surface area (TPSA) is 18.6 Å². The number of rotatable bonds is 0. The van der Waals surface area contributed by atoms with E-state index in [9.17, 15) is 0 Å². The first kappa shape index (κ1) is 28.3. The zero-order valence-corrected chi connectivity index (χ0v) is 29.5. The van der Waals surface area contributed by atoms with Crippen molar-refractivity contribution in [1.82, 2.24) is 8.97 Å². The van der Waals surface area contributed by atoms with E-state index >= 15 is 0 Å². The van der Waals surface area contributed by atoms with Crippen LogP contribution in [0.1, 0.15) is 79.0 Å². The molecule has 2 aliphatic heterocycles. The number of nitrogens with zero attached hydrogens (tertiary/aromatic N) is 2. The Morgan fingerprint density at radius 3 is 1.88 bits per heavy atom. The Labute approximate surface area is 282 Å². The molecule has 236 valence electrons. The highest BCUT2D eigenvalue weighted by Crippen LogP contribution is 2.46. The van der Waals surface area contributed by atoms with Gasteiger partial charge in [-0.2, -0.15) is 0 Å². The van der Waals surface area contributed by atoms with Crippen molar-refractivity contribution >= 4 is 72.2 Å². The number of hydrogen-bond acceptors (Lipinski definition) is 1. The van der Waals surface area contributed by atoms with E-state index in [2.05, 4.69) is 156 Å². The number of ether oxygens (including phenoxy) is 1. The first-order valence-corrected chi connectivity index (χ1v) is 17.5. The molecule has 0 radical (unpaired) electrons. The van der Waals surface area contributed by atoms with Gasteiger partial charge in [-0.15, -0.1) is 0 Å². The van der Waals surface area contributed by atoms with Crippen LogP contribution in [0.4, 0.5) is 0 Å². The summed E-state index contributed by atoms with van der Waals surface area (Å²) in [7, 11) is 0. The van der Waals surface area contributed by atoms with Crippen molar-refractivity contribution in [2.24, 2.45) is 0 Å². The van der Waals surface area contributed by atoms with Crippen LogP contribution >= 0.6 is 0 Å². The zero-order chi connectivity index (χ0) is 33.2. The number of aromatic nitrogens is 2. The third kappa shape index (κ3) is 3.46. The van der Waals surface area contributed by atoms with Crippen molar-refractivity contribution in [3.63, 3.8) is 0 Å². The summed E-state index contributed by atoms with van der Waals surface area (Å²) in [4.78, 5) is 0. The molecule has 0 saturated heterocycles. The van der Waals surface area contributed by atoms with Gasteiger partial charge in [0.25, 0.3) is 6.71 Å².